The molecule has 0 spiro atoms. The maximum Gasteiger partial charge on any atom is 0.266 e. The van der Waals surface area contributed by atoms with Crippen LogP contribution in [-0.4, -0.2) is 15.1 Å². The Morgan fingerprint density at radius 2 is 1.84 bits per heavy atom. The summed E-state index contributed by atoms with van der Waals surface area (Å²) in [7, 11) is 0. The van der Waals surface area contributed by atoms with E-state index in [0.29, 0.717) is 5.82 Å². The van der Waals surface area contributed by atoms with Crippen LogP contribution in [-0.2, 0) is 5.41 Å². The first-order valence-electron chi connectivity index (χ1n) is 7.93. The highest BCUT2D eigenvalue weighted by Crippen LogP contribution is 2.48. The molecule has 1 saturated carbocycles. The minimum atomic E-state index is -2.91. The summed E-state index contributed by atoms with van der Waals surface area (Å²) in [5.74, 6) is -0.328. The number of hydrogen-bond donors (Lipinski definition) is 0. The highest BCUT2D eigenvalue weighted by atomic mass is 19.3. The van der Waals surface area contributed by atoms with E-state index < -0.39 is 17.8 Å². The summed E-state index contributed by atoms with van der Waals surface area (Å²) < 4.78 is 44.5. The Bertz CT molecular complexity index is 892. The zero-order valence-electron chi connectivity index (χ0n) is 13.1. The lowest BCUT2D eigenvalue weighted by Gasteiger charge is -2.39. The van der Waals surface area contributed by atoms with Gasteiger partial charge in [-0.25, -0.2) is 13.2 Å². The second-order valence-corrected chi connectivity index (χ2v) is 6.13. The normalized spacial score (nSPS) is 16.0. The molecule has 0 unspecified atom stereocenters. The lowest BCUT2D eigenvalue weighted by atomic mass is 9.64. The monoisotopic (exact) mass is 345 g/mol. The van der Waals surface area contributed by atoms with Crippen molar-refractivity contribution < 1.29 is 17.7 Å². The fourth-order valence-electron chi connectivity index (χ4n) is 3.22. The van der Waals surface area contributed by atoms with E-state index in [9.17, 15) is 13.2 Å². The van der Waals surface area contributed by atoms with Crippen LogP contribution < -0.4 is 0 Å². The number of halogens is 3. The van der Waals surface area contributed by atoms with Crippen molar-refractivity contribution in [2.24, 2.45) is 0 Å². The van der Waals surface area contributed by atoms with Crippen molar-refractivity contribution in [1.29, 1.82) is 0 Å². The van der Waals surface area contributed by atoms with Crippen LogP contribution in [0.25, 0.3) is 11.5 Å². The summed E-state index contributed by atoms with van der Waals surface area (Å²) >= 11 is 0. The minimum absolute atomic E-state index is 0.109. The van der Waals surface area contributed by atoms with Gasteiger partial charge in [0.05, 0.1) is 11.0 Å². The first-order valence-corrected chi connectivity index (χ1v) is 7.93. The number of benzene rings is 1. The quantitative estimate of drug-likeness (QED) is 0.689. The Morgan fingerprint density at radius 3 is 2.48 bits per heavy atom. The van der Waals surface area contributed by atoms with Crippen molar-refractivity contribution in [1.82, 2.24) is 15.1 Å². The molecule has 2 heterocycles. The van der Waals surface area contributed by atoms with Crippen LogP contribution in [0.2, 0.25) is 0 Å². The molecule has 1 aromatic carbocycles. The van der Waals surface area contributed by atoms with E-state index in [1.165, 1.54) is 6.07 Å². The molecule has 3 aromatic rings. The number of pyridine rings is 1. The van der Waals surface area contributed by atoms with Gasteiger partial charge in [0.1, 0.15) is 5.82 Å². The van der Waals surface area contributed by atoms with Gasteiger partial charge < -0.3 is 4.52 Å². The summed E-state index contributed by atoms with van der Waals surface area (Å²) in [6.45, 7) is 0. The molecule has 0 atom stereocenters. The molecule has 4 nitrogen and oxygen atoms in total. The van der Waals surface area contributed by atoms with Crippen LogP contribution in [0.5, 0.6) is 0 Å². The Kier molecular flexibility index (Phi) is 3.78. The van der Waals surface area contributed by atoms with Crippen molar-refractivity contribution in [2.75, 3.05) is 0 Å². The smallest absolute Gasteiger partial charge is 0.266 e. The largest absolute Gasteiger partial charge is 0.334 e. The first kappa shape index (κ1) is 15.8. The highest BCUT2D eigenvalue weighted by Gasteiger charge is 2.44. The van der Waals surface area contributed by atoms with Crippen LogP contribution in [0, 0.1) is 5.82 Å². The lowest BCUT2D eigenvalue weighted by molar-refractivity contribution is 0.146. The van der Waals surface area contributed by atoms with E-state index in [2.05, 4.69) is 15.1 Å². The van der Waals surface area contributed by atoms with Crippen LogP contribution >= 0.6 is 0 Å². The molecule has 128 valence electrons. The third-order valence-electron chi connectivity index (χ3n) is 4.77. The molecule has 7 heteroatoms. The summed E-state index contributed by atoms with van der Waals surface area (Å²) in [6.07, 6.45) is 3.32. The Balaban J connectivity index is 1.72. The van der Waals surface area contributed by atoms with Crippen LogP contribution in [0.15, 0.2) is 47.2 Å². The van der Waals surface area contributed by atoms with Gasteiger partial charge in [0, 0.05) is 18.0 Å². The van der Waals surface area contributed by atoms with E-state index in [0.717, 1.165) is 37.0 Å². The van der Waals surface area contributed by atoms with Crippen molar-refractivity contribution >= 4 is 0 Å². The molecule has 2 aromatic heterocycles. The number of alkyl halides is 2. The van der Waals surface area contributed by atoms with E-state index in [-0.39, 0.29) is 16.9 Å². The number of hydrogen-bond acceptors (Lipinski definition) is 4. The summed E-state index contributed by atoms with van der Waals surface area (Å²) in [5.41, 5.74) is 0.314. The summed E-state index contributed by atoms with van der Waals surface area (Å²) in [6, 6.07) is 7.24. The molecule has 1 aliphatic carbocycles. The maximum atomic E-state index is 13.5. The van der Waals surface area contributed by atoms with E-state index in [1.54, 1.807) is 12.4 Å². The molecule has 1 fully saturated rings. The second-order valence-electron chi connectivity index (χ2n) is 6.13. The molecule has 0 radical (unpaired) electrons. The number of rotatable bonds is 4. The predicted octanol–water partition coefficient (Wildman–Crippen LogP) is 4.68. The number of nitrogens with zero attached hydrogens (tertiary/aromatic N) is 3. The fraction of sp³-hybridized carbons (Fsp3) is 0.278. The van der Waals surface area contributed by atoms with Crippen molar-refractivity contribution in [3.05, 3.63) is 65.5 Å². The topological polar surface area (TPSA) is 51.8 Å². The van der Waals surface area contributed by atoms with Gasteiger partial charge in [-0.15, -0.1) is 0 Å². The van der Waals surface area contributed by atoms with Crippen LogP contribution in [0.3, 0.4) is 0 Å². The van der Waals surface area contributed by atoms with E-state index in [1.807, 2.05) is 12.1 Å². The summed E-state index contributed by atoms with van der Waals surface area (Å²) in [4.78, 5) is 8.44. The van der Waals surface area contributed by atoms with Crippen LogP contribution in [0.4, 0.5) is 13.2 Å². The zero-order chi connectivity index (χ0) is 17.4. The molecule has 0 saturated heterocycles. The minimum Gasteiger partial charge on any atom is -0.334 e. The van der Waals surface area contributed by atoms with E-state index >= 15 is 0 Å². The van der Waals surface area contributed by atoms with Crippen LogP contribution in [0.1, 0.15) is 42.6 Å². The summed E-state index contributed by atoms with van der Waals surface area (Å²) in [5, 5.41) is 4.07. The maximum absolute atomic E-state index is 13.5. The lowest BCUT2D eigenvalue weighted by Crippen LogP contribution is -2.36. The van der Waals surface area contributed by atoms with Crippen molar-refractivity contribution in [2.45, 2.75) is 31.1 Å². The molecular weight excluding hydrogens is 331 g/mol. The fourth-order valence-corrected chi connectivity index (χ4v) is 3.22. The average molecular weight is 345 g/mol. The van der Waals surface area contributed by atoms with Gasteiger partial charge in [-0.05, 0) is 48.7 Å². The Morgan fingerprint density at radius 1 is 1.08 bits per heavy atom. The van der Waals surface area contributed by atoms with Gasteiger partial charge in [-0.3, -0.25) is 4.98 Å². The molecular formula is C18H14F3N3O. The van der Waals surface area contributed by atoms with Gasteiger partial charge >= 0.3 is 0 Å². The van der Waals surface area contributed by atoms with Gasteiger partial charge in [-0.1, -0.05) is 11.6 Å². The molecule has 0 aliphatic heterocycles. The predicted molar refractivity (Wildman–Crippen MR) is 83.5 cm³/mol. The SMILES string of the molecule is Fc1ccc(-c2nc(C3(c4ccncc4)CCC3)no2)cc1C(F)F. The van der Waals surface area contributed by atoms with Gasteiger partial charge in [0.25, 0.3) is 12.3 Å². The van der Waals surface area contributed by atoms with Gasteiger partial charge in [0.2, 0.25) is 0 Å². The van der Waals surface area contributed by atoms with E-state index in [4.69, 9.17) is 4.52 Å². The number of aromatic nitrogens is 3. The third kappa shape index (κ3) is 2.59. The Hall–Kier alpha value is -2.70. The molecule has 1 aliphatic rings. The Labute approximate surface area is 141 Å². The molecule has 25 heavy (non-hydrogen) atoms. The highest BCUT2D eigenvalue weighted by molar-refractivity contribution is 5.55. The molecule has 0 bridgehead atoms. The van der Waals surface area contributed by atoms with Crippen molar-refractivity contribution in [3.8, 4) is 11.5 Å². The molecule has 0 N–H and O–H groups in total. The molecule has 0 amide bonds. The van der Waals surface area contributed by atoms with Gasteiger partial charge in [-0.2, -0.15) is 4.98 Å². The van der Waals surface area contributed by atoms with Crippen molar-refractivity contribution in [3.63, 3.8) is 0 Å². The average Bonchev–Trinajstić information content (AvgIpc) is 3.05. The second kappa shape index (κ2) is 5.98. The standard InChI is InChI=1S/C18H14F3N3O/c19-14-3-2-11(10-13(14)15(20)21)16-23-17(24-25-16)18(6-1-7-18)12-4-8-22-9-5-12/h2-5,8-10,15H,1,6-7H2. The molecule has 4 rings (SSSR count). The first-order chi connectivity index (χ1) is 12.1. The van der Waals surface area contributed by atoms with Gasteiger partial charge in [0.15, 0.2) is 5.82 Å². The zero-order valence-corrected chi connectivity index (χ0v) is 13.1. The third-order valence-corrected chi connectivity index (χ3v) is 4.77.